The van der Waals surface area contributed by atoms with E-state index in [1.165, 1.54) is 12.1 Å². The van der Waals surface area contributed by atoms with E-state index in [1.807, 2.05) is 0 Å². The van der Waals surface area contributed by atoms with Crippen LogP contribution in [0.2, 0.25) is 0 Å². The summed E-state index contributed by atoms with van der Waals surface area (Å²) in [7, 11) is 0. The first kappa shape index (κ1) is 19.8. The van der Waals surface area contributed by atoms with Crippen LogP contribution in [0.15, 0.2) is 54.6 Å². The number of hydrogen-bond acceptors (Lipinski definition) is 6. The Morgan fingerprint density at radius 1 is 1.03 bits per heavy atom. The summed E-state index contributed by atoms with van der Waals surface area (Å²) in [5.41, 5.74) is -0.482. The molecular formula is C22H18N2O5. The van der Waals surface area contributed by atoms with E-state index in [0.717, 1.165) is 16.8 Å². The molecule has 3 aromatic rings. The molecule has 0 atom stereocenters. The molecule has 146 valence electrons. The predicted molar refractivity (Wildman–Crippen MR) is 107 cm³/mol. The van der Waals surface area contributed by atoms with E-state index in [0.29, 0.717) is 11.3 Å². The number of hydrogen-bond donors (Lipinski definition) is 0. The Labute approximate surface area is 167 Å². The van der Waals surface area contributed by atoms with Gasteiger partial charge in [0, 0.05) is 12.1 Å². The quantitative estimate of drug-likeness (QED) is 0.337. The number of nitrogens with zero attached hydrogens (tertiary/aromatic N) is 2. The highest BCUT2D eigenvalue weighted by atomic mass is 16.6. The van der Waals surface area contributed by atoms with Crippen LogP contribution >= 0.6 is 0 Å². The highest BCUT2D eigenvalue weighted by Crippen LogP contribution is 2.32. The number of nitriles is 1. The molecule has 7 nitrogen and oxygen atoms in total. The second-order valence-electron chi connectivity index (χ2n) is 7.38. The zero-order valence-electron chi connectivity index (χ0n) is 16.1. The highest BCUT2D eigenvalue weighted by molar-refractivity contribution is 5.94. The Morgan fingerprint density at radius 3 is 2.38 bits per heavy atom. The lowest BCUT2D eigenvalue weighted by Gasteiger charge is -2.20. The van der Waals surface area contributed by atoms with E-state index in [1.54, 1.807) is 57.2 Å². The van der Waals surface area contributed by atoms with Crippen LogP contribution in [0.4, 0.5) is 5.69 Å². The van der Waals surface area contributed by atoms with Crippen molar-refractivity contribution in [2.45, 2.75) is 26.4 Å². The predicted octanol–water partition coefficient (Wildman–Crippen LogP) is 5.37. The standard InChI is InChI=1S/C22H18N2O5/c1-22(2,3)29-21(25)19-12-17(24(26)27)7-9-20(19)28-18-8-6-15-10-14(13-23)4-5-16(15)11-18/h4-12H,1-3H3. The van der Waals surface area contributed by atoms with Crippen LogP contribution < -0.4 is 4.74 Å². The van der Waals surface area contributed by atoms with Gasteiger partial charge in [0.2, 0.25) is 0 Å². The largest absolute Gasteiger partial charge is 0.456 e. The molecule has 0 radical (unpaired) electrons. The number of nitro benzene ring substituents is 1. The average Bonchev–Trinajstić information content (AvgIpc) is 2.66. The fourth-order valence-corrected chi connectivity index (χ4v) is 2.70. The van der Waals surface area contributed by atoms with Crippen LogP contribution in [0.25, 0.3) is 10.8 Å². The van der Waals surface area contributed by atoms with E-state index < -0.39 is 16.5 Å². The molecule has 0 aliphatic rings. The summed E-state index contributed by atoms with van der Waals surface area (Å²) in [6, 6.07) is 16.4. The van der Waals surface area contributed by atoms with Gasteiger partial charge in [0.1, 0.15) is 22.7 Å². The van der Waals surface area contributed by atoms with Crippen LogP contribution in [0.1, 0.15) is 36.7 Å². The minimum Gasteiger partial charge on any atom is -0.456 e. The monoisotopic (exact) mass is 390 g/mol. The lowest BCUT2D eigenvalue weighted by molar-refractivity contribution is -0.384. The Morgan fingerprint density at radius 2 is 1.72 bits per heavy atom. The van der Waals surface area contributed by atoms with Gasteiger partial charge in [-0.15, -0.1) is 0 Å². The molecule has 0 bridgehead atoms. The smallest absolute Gasteiger partial charge is 0.342 e. The number of non-ortho nitro benzene ring substituents is 1. The van der Waals surface area contributed by atoms with Crippen molar-refractivity contribution in [3.05, 3.63) is 75.8 Å². The Bertz CT molecular complexity index is 1160. The molecule has 0 aliphatic carbocycles. The van der Waals surface area contributed by atoms with E-state index >= 15 is 0 Å². The van der Waals surface area contributed by atoms with Crippen molar-refractivity contribution < 1.29 is 19.2 Å². The van der Waals surface area contributed by atoms with Gasteiger partial charge in [-0.1, -0.05) is 12.1 Å². The summed E-state index contributed by atoms with van der Waals surface area (Å²) in [5, 5.41) is 21.8. The molecule has 3 rings (SSSR count). The zero-order chi connectivity index (χ0) is 21.2. The van der Waals surface area contributed by atoms with Crippen LogP contribution in [-0.4, -0.2) is 16.5 Å². The minimum atomic E-state index is -0.764. The Balaban J connectivity index is 1.99. The SMILES string of the molecule is CC(C)(C)OC(=O)c1cc([N+](=O)[O-])ccc1Oc1ccc2cc(C#N)ccc2c1. The number of carbonyl (C=O) groups is 1. The van der Waals surface area contributed by atoms with Crippen LogP contribution in [0.3, 0.4) is 0 Å². The summed E-state index contributed by atoms with van der Waals surface area (Å²) in [6.45, 7) is 5.13. The summed E-state index contributed by atoms with van der Waals surface area (Å²) in [4.78, 5) is 23.1. The second-order valence-corrected chi connectivity index (χ2v) is 7.38. The average molecular weight is 390 g/mol. The molecule has 0 aliphatic heterocycles. The lowest BCUT2D eigenvalue weighted by Crippen LogP contribution is -2.24. The lowest BCUT2D eigenvalue weighted by atomic mass is 10.1. The van der Waals surface area contributed by atoms with Crippen LogP contribution in [0.5, 0.6) is 11.5 Å². The topological polar surface area (TPSA) is 102 Å². The fraction of sp³-hybridized carbons (Fsp3) is 0.182. The van der Waals surface area contributed by atoms with Gasteiger partial charge in [-0.2, -0.15) is 5.26 Å². The maximum Gasteiger partial charge on any atom is 0.342 e. The summed E-state index contributed by atoms with van der Waals surface area (Å²) in [5.74, 6) is -0.116. The molecule has 0 saturated heterocycles. The van der Waals surface area contributed by atoms with Crippen molar-refractivity contribution in [1.29, 1.82) is 5.26 Å². The fourth-order valence-electron chi connectivity index (χ4n) is 2.70. The molecule has 0 saturated carbocycles. The Kier molecular flexibility index (Phi) is 5.20. The number of carbonyl (C=O) groups excluding carboxylic acids is 1. The molecular weight excluding hydrogens is 372 g/mol. The molecule has 0 N–H and O–H groups in total. The first-order chi connectivity index (χ1) is 13.7. The van der Waals surface area contributed by atoms with Gasteiger partial charge >= 0.3 is 5.97 Å². The minimum absolute atomic E-state index is 0.0333. The highest BCUT2D eigenvalue weighted by Gasteiger charge is 2.24. The normalized spacial score (nSPS) is 11.0. The number of ether oxygens (including phenoxy) is 2. The molecule has 7 heteroatoms. The molecule has 29 heavy (non-hydrogen) atoms. The molecule has 3 aromatic carbocycles. The molecule has 0 amide bonds. The van der Waals surface area contributed by atoms with Crippen LogP contribution in [0, 0.1) is 21.4 Å². The molecule has 0 unspecified atom stereocenters. The molecule has 0 heterocycles. The third kappa shape index (κ3) is 4.68. The number of nitro groups is 1. The van der Waals surface area contributed by atoms with Crippen molar-refractivity contribution in [1.82, 2.24) is 0 Å². The van der Waals surface area contributed by atoms with E-state index in [-0.39, 0.29) is 17.0 Å². The second kappa shape index (κ2) is 7.60. The van der Waals surface area contributed by atoms with E-state index in [4.69, 9.17) is 14.7 Å². The first-order valence-corrected chi connectivity index (χ1v) is 8.80. The van der Waals surface area contributed by atoms with Crippen molar-refractivity contribution in [3.8, 4) is 17.6 Å². The van der Waals surface area contributed by atoms with Gasteiger partial charge in [-0.05, 0) is 61.9 Å². The third-order valence-electron chi connectivity index (χ3n) is 3.96. The van der Waals surface area contributed by atoms with Gasteiger partial charge in [0.25, 0.3) is 5.69 Å². The maximum absolute atomic E-state index is 12.6. The van der Waals surface area contributed by atoms with Crippen molar-refractivity contribution in [2.75, 3.05) is 0 Å². The van der Waals surface area contributed by atoms with E-state index in [2.05, 4.69) is 6.07 Å². The van der Waals surface area contributed by atoms with Gasteiger partial charge in [-0.25, -0.2) is 4.79 Å². The van der Waals surface area contributed by atoms with Crippen LogP contribution in [-0.2, 0) is 4.74 Å². The molecule has 0 fully saturated rings. The number of esters is 1. The number of rotatable bonds is 4. The van der Waals surface area contributed by atoms with Gasteiger partial charge in [-0.3, -0.25) is 10.1 Å². The van der Waals surface area contributed by atoms with Gasteiger partial charge < -0.3 is 9.47 Å². The van der Waals surface area contributed by atoms with Crippen molar-refractivity contribution in [3.63, 3.8) is 0 Å². The molecule has 0 spiro atoms. The number of benzene rings is 3. The summed E-state index contributed by atoms with van der Waals surface area (Å²) >= 11 is 0. The van der Waals surface area contributed by atoms with Gasteiger partial charge in [0.05, 0.1) is 16.6 Å². The molecule has 0 aromatic heterocycles. The van der Waals surface area contributed by atoms with Crippen molar-refractivity contribution >= 4 is 22.4 Å². The first-order valence-electron chi connectivity index (χ1n) is 8.80. The summed E-state index contributed by atoms with van der Waals surface area (Å²) in [6.07, 6.45) is 0. The number of fused-ring (bicyclic) bond motifs is 1. The van der Waals surface area contributed by atoms with Gasteiger partial charge in [0.15, 0.2) is 0 Å². The Hall–Kier alpha value is -3.92. The third-order valence-corrected chi connectivity index (χ3v) is 3.96. The maximum atomic E-state index is 12.6. The zero-order valence-corrected chi connectivity index (χ0v) is 16.1. The van der Waals surface area contributed by atoms with E-state index in [9.17, 15) is 14.9 Å². The van der Waals surface area contributed by atoms with Crippen molar-refractivity contribution in [2.24, 2.45) is 0 Å². The summed E-state index contributed by atoms with van der Waals surface area (Å²) < 4.78 is 11.2.